The summed E-state index contributed by atoms with van der Waals surface area (Å²) >= 11 is 0. The number of carbonyl (C=O) groups is 2. The molecule has 0 saturated carbocycles. The lowest BCUT2D eigenvalue weighted by Gasteiger charge is -2.33. The second kappa shape index (κ2) is 9.44. The predicted octanol–water partition coefficient (Wildman–Crippen LogP) is 3.32. The summed E-state index contributed by atoms with van der Waals surface area (Å²) < 4.78 is 11.1. The van der Waals surface area contributed by atoms with Gasteiger partial charge in [-0.15, -0.1) is 0 Å². The van der Waals surface area contributed by atoms with Gasteiger partial charge in [0.2, 0.25) is 0 Å². The Hall–Kier alpha value is -2.34. The van der Waals surface area contributed by atoms with Gasteiger partial charge in [-0.3, -0.25) is 14.5 Å². The average Bonchev–Trinajstić information content (AvgIpc) is 2.93. The Bertz CT molecular complexity index is 770. The van der Waals surface area contributed by atoms with Crippen molar-refractivity contribution in [3.63, 3.8) is 0 Å². The highest BCUT2D eigenvalue weighted by molar-refractivity contribution is 6.35. The average molecular weight is 401 g/mol. The van der Waals surface area contributed by atoms with Crippen LogP contribution in [-0.2, 0) is 14.3 Å². The first-order valence-electron chi connectivity index (χ1n) is 10.6. The van der Waals surface area contributed by atoms with Crippen molar-refractivity contribution in [2.75, 3.05) is 32.8 Å². The van der Waals surface area contributed by atoms with E-state index in [4.69, 9.17) is 9.47 Å². The number of carbonyl (C=O) groups excluding carboxylic acids is 2. The minimum atomic E-state index is -0.236. The lowest BCUT2D eigenvalue weighted by Crippen LogP contribution is -2.40. The van der Waals surface area contributed by atoms with Crippen LogP contribution in [0.1, 0.15) is 46.1 Å². The van der Waals surface area contributed by atoms with Gasteiger partial charge < -0.3 is 14.4 Å². The van der Waals surface area contributed by atoms with E-state index < -0.39 is 0 Å². The van der Waals surface area contributed by atoms with Gasteiger partial charge in [0.15, 0.2) is 0 Å². The standard InChI is InChI=1S/C23H32N2O4/c1-5-28-19-10-8-18(9-11-19)20-21(24-12-6-7-17(4)15-24)23(27)25(22(20)26)13-14-29-16(2)3/h8-11,16-17H,5-7,12-15H2,1-4H3. The molecule has 1 unspecified atom stereocenters. The number of amides is 2. The van der Waals surface area contributed by atoms with E-state index in [1.54, 1.807) is 0 Å². The van der Waals surface area contributed by atoms with Gasteiger partial charge in [0.05, 0.1) is 31.4 Å². The fourth-order valence-corrected chi connectivity index (χ4v) is 3.98. The third-order valence-corrected chi connectivity index (χ3v) is 5.34. The van der Waals surface area contributed by atoms with Crippen LogP contribution in [0.5, 0.6) is 5.75 Å². The molecule has 158 valence electrons. The Labute approximate surface area is 173 Å². The van der Waals surface area contributed by atoms with Crippen molar-refractivity contribution in [2.45, 2.75) is 46.6 Å². The summed E-state index contributed by atoms with van der Waals surface area (Å²) in [5.41, 5.74) is 1.79. The van der Waals surface area contributed by atoms with Crippen molar-refractivity contribution >= 4 is 17.4 Å². The highest BCUT2D eigenvalue weighted by Gasteiger charge is 2.42. The summed E-state index contributed by atoms with van der Waals surface area (Å²) in [6.07, 6.45) is 2.24. The molecule has 6 nitrogen and oxygen atoms in total. The van der Waals surface area contributed by atoms with Crippen LogP contribution in [0.3, 0.4) is 0 Å². The summed E-state index contributed by atoms with van der Waals surface area (Å²) in [5.74, 6) is 0.808. The lowest BCUT2D eigenvalue weighted by atomic mass is 9.97. The second-order valence-corrected chi connectivity index (χ2v) is 8.06. The summed E-state index contributed by atoms with van der Waals surface area (Å²) in [6.45, 7) is 10.8. The summed E-state index contributed by atoms with van der Waals surface area (Å²) in [7, 11) is 0. The Balaban J connectivity index is 1.93. The van der Waals surface area contributed by atoms with Gasteiger partial charge in [-0.1, -0.05) is 19.1 Å². The van der Waals surface area contributed by atoms with E-state index in [0.717, 1.165) is 37.2 Å². The molecule has 2 aliphatic rings. The summed E-state index contributed by atoms with van der Waals surface area (Å²) in [6, 6.07) is 7.44. The zero-order chi connectivity index (χ0) is 21.0. The van der Waals surface area contributed by atoms with Crippen molar-refractivity contribution in [1.29, 1.82) is 0 Å². The van der Waals surface area contributed by atoms with Crippen LogP contribution in [0.15, 0.2) is 30.0 Å². The molecule has 3 rings (SSSR count). The van der Waals surface area contributed by atoms with Crippen LogP contribution >= 0.6 is 0 Å². The first kappa shape index (κ1) is 21.4. The molecule has 2 amide bonds. The largest absolute Gasteiger partial charge is 0.494 e. The molecule has 0 bridgehead atoms. The molecule has 0 radical (unpaired) electrons. The maximum absolute atomic E-state index is 13.3. The molecule has 0 aliphatic carbocycles. The maximum atomic E-state index is 13.3. The van der Waals surface area contributed by atoms with Crippen LogP contribution in [0.4, 0.5) is 0 Å². The van der Waals surface area contributed by atoms with Crippen LogP contribution < -0.4 is 4.74 Å². The molecule has 1 saturated heterocycles. The quantitative estimate of drug-likeness (QED) is 0.627. The lowest BCUT2D eigenvalue weighted by molar-refractivity contribution is -0.138. The highest BCUT2D eigenvalue weighted by atomic mass is 16.5. The normalized spacial score (nSPS) is 20.2. The number of hydrogen-bond donors (Lipinski definition) is 0. The highest BCUT2D eigenvalue weighted by Crippen LogP contribution is 2.34. The number of hydrogen-bond acceptors (Lipinski definition) is 5. The summed E-state index contributed by atoms with van der Waals surface area (Å²) in [5, 5.41) is 0. The van der Waals surface area contributed by atoms with Crippen LogP contribution in [0, 0.1) is 5.92 Å². The number of nitrogens with zero attached hydrogens (tertiary/aromatic N) is 2. The Morgan fingerprint density at radius 1 is 1.14 bits per heavy atom. The van der Waals surface area contributed by atoms with E-state index in [0.29, 0.717) is 30.4 Å². The predicted molar refractivity (Wildman–Crippen MR) is 112 cm³/mol. The van der Waals surface area contributed by atoms with E-state index in [9.17, 15) is 9.59 Å². The molecule has 1 atom stereocenters. The van der Waals surface area contributed by atoms with E-state index in [2.05, 4.69) is 11.8 Å². The molecule has 2 aliphatic heterocycles. The number of likely N-dealkylation sites (tertiary alicyclic amines) is 1. The van der Waals surface area contributed by atoms with Crippen LogP contribution in [-0.4, -0.2) is 60.6 Å². The first-order valence-corrected chi connectivity index (χ1v) is 10.6. The van der Waals surface area contributed by atoms with Crippen molar-refractivity contribution in [3.8, 4) is 5.75 Å². The maximum Gasteiger partial charge on any atom is 0.277 e. The number of benzene rings is 1. The summed E-state index contributed by atoms with van der Waals surface area (Å²) in [4.78, 5) is 30.0. The zero-order valence-electron chi connectivity index (χ0n) is 17.9. The Morgan fingerprint density at radius 2 is 1.86 bits per heavy atom. The topological polar surface area (TPSA) is 59.1 Å². The Morgan fingerprint density at radius 3 is 2.48 bits per heavy atom. The van der Waals surface area contributed by atoms with E-state index in [1.165, 1.54) is 4.90 Å². The van der Waals surface area contributed by atoms with Gasteiger partial charge in [-0.2, -0.15) is 0 Å². The van der Waals surface area contributed by atoms with Gasteiger partial charge in [0, 0.05) is 13.1 Å². The van der Waals surface area contributed by atoms with E-state index in [-0.39, 0.29) is 24.5 Å². The second-order valence-electron chi connectivity index (χ2n) is 8.06. The monoisotopic (exact) mass is 400 g/mol. The smallest absolute Gasteiger partial charge is 0.277 e. The Kier molecular flexibility index (Phi) is 6.96. The molecule has 29 heavy (non-hydrogen) atoms. The van der Waals surface area contributed by atoms with E-state index in [1.807, 2.05) is 45.0 Å². The van der Waals surface area contributed by atoms with Crippen molar-refractivity contribution < 1.29 is 19.1 Å². The zero-order valence-corrected chi connectivity index (χ0v) is 17.9. The third-order valence-electron chi connectivity index (χ3n) is 5.34. The fourth-order valence-electron chi connectivity index (χ4n) is 3.98. The molecule has 2 heterocycles. The molecule has 1 fully saturated rings. The SMILES string of the molecule is CCOc1ccc(C2=C(N3CCCC(C)C3)C(=O)N(CCOC(C)C)C2=O)cc1. The molecule has 0 spiro atoms. The molecule has 6 heteroatoms. The van der Waals surface area contributed by atoms with Gasteiger partial charge in [-0.05, 0) is 57.2 Å². The van der Waals surface area contributed by atoms with Gasteiger partial charge in [-0.25, -0.2) is 0 Å². The third kappa shape index (κ3) is 4.81. The first-order chi connectivity index (χ1) is 13.9. The molecule has 1 aromatic rings. The van der Waals surface area contributed by atoms with Crippen molar-refractivity contribution in [3.05, 3.63) is 35.5 Å². The molecule has 0 aromatic heterocycles. The van der Waals surface area contributed by atoms with Crippen LogP contribution in [0.2, 0.25) is 0 Å². The molecular weight excluding hydrogens is 368 g/mol. The number of rotatable bonds is 8. The number of ether oxygens (including phenoxy) is 2. The number of imide groups is 1. The van der Waals surface area contributed by atoms with Gasteiger partial charge in [0.25, 0.3) is 11.8 Å². The minimum Gasteiger partial charge on any atom is -0.494 e. The van der Waals surface area contributed by atoms with Gasteiger partial charge >= 0.3 is 0 Å². The molecule has 0 N–H and O–H groups in total. The van der Waals surface area contributed by atoms with Gasteiger partial charge in [0.1, 0.15) is 11.4 Å². The fraction of sp³-hybridized carbons (Fsp3) is 0.565. The minimum absolute atomic E-state index is 0.0590. The molecule has 1 aromatic carbocycles. The number of piperidine rings is 1. The van der Waals surface area contributed by atoms with Crippen molar-refractivity contribution in [2.24, 2.45) is 5.92 Å². The van der Waals surface area contributed by atoms with Crippen LogP contribution in [0.25, 0.3) is 5.57 Å². The van der Waals surface area contributed by atoms with E-state index >= 15 is 0 Å². The van der Waals surface area contributed by atoms with Crippen molar-refractivity contribution in [1.82, 2.24) is 9.80 Å². The molecular formula is C23H32N2O4.